The molecule has 0 heterocycles. The first-order chi connectivity index (χ1) is 7.09. The zero-order valence-corrected chi connectivity index (χ0v) is 8.10. The predicted octanol–water partition coefficient (Wildman–Crippen LogP) is 0.795. The molecule has 0 saturated carbocycles. The molecule has 0 aliphatic carbocycles. The maximum absolute atomic E-state index is 11.3. The number of aryl methyl sites for hydroxylation is 1. The molecule has 15 heavy (non-hydrogen) atoms. The molecule has 2 N–H and O–H groups in total. The molecule has 0 aliphatic heterocycles. The zero-order valence-electron chi connectivity index (χ0n) is 8.10. The molecular weight excluding hydrogens is 196 g/mol. The minimum atomic E-state index is -1.21. The largest absolute Gasteiger partial charge is 0.477 e. The van der Waals surface area contributed by atoms with Crippen molar-refractivity contribution in [1.29, 1.82) is 0 Å². The van der Waals surface area contributed by atoms with Crippen molar-refractivity contribution < 1.29 is 14.7 Å². The Morgan fingerprint density at radius 3 is 2.47 bits per heavy atom. The first-order valence-electron chi connectivity index (χ1n) is 4.22. The Morgan fingerprint density at radius 1 is 1.33 bits per heavy atom. The lowest BCUT2D eigenvalue weighted by Gasteiger charge is -1.99. The van der Waals surface area contributed by atoms with Gasteiger partial charge in [-0.2, -0.15) is 5.10 Å². The number of benzene rings is 1. The highest BCUT2D eigenvalue weighted by atomic mass is 16.4. The molecule has 0 atom stereocenters. The Morgan fingerprint density at radius 2 is 1.93 bits per heavy atom. The number of aliphatic carboxylic acids is 1. The lowest BCUT2D eigenvalue weighted by Crippen LogP contribution is -2.18. The number of carboxylic acids is 1. The number of carbonyl (C=O) groups excluding carboxylic acids is 1. The molecule has 0 aliphatic rings. The van der Waals surface area contributed by atoms with Gasteiger partial charge in [-0.05, 0) is 19.1 Å². The molecule has 5 heteroatoms. The SMILES string of the molecule is Cc1ccc(C(=O)N/N=C/C(=O)O)cc1. The zero-order chi connectivity index (χ0) is 11.3. The molecule has 1 aromatic carbocycles. The van der Waals surface area contributed by atoms with E-state index >= 15 is 0 Å². The number of nitrogens with zero attached hydrogens (tertiary/aromatic N) is 1. The molecule has 0 fully saturated rings. The summed E-state index contributed by atoms with van der Waals surface area (Å²) in [6.07, 6.45) is 0.617. The van der Waals surface area contributed by atoms with Gasteiger partial charge in [-0.3, -0.25) is 4.79 Å². The number of amides is 1. The van der Waals surface area contributed by atoms with Crippen LogP contribution in [-0.2, 0) is 4.79 Å². The van der Waals surface area contributed by atoms with Crippen LogP contribution in [0.25, 0.3) is 0 Å². The van der Waals surface area contributed by atoms with Gasteiger partial charge in [0.25, 0.3) is 5.91 Å². The van der Waals surface area contributed by atoms with Gasteiger partial charge in [0.1, 0.15) is 6.21 Å². The average molecular weight is 206 g/mol. The maximum atomic E-state index is 11.3. The minimum Gasteiger partial charge on any atom is -0.477 e. The van der Waals surface area contributed by atoms with Gasteiger partial charge in [0.15, 0.2) is 0 Å². The van der Waals surface area contributed by atoms with Gasteiger partial charge in [-0.1, -0.05) is 17.7 Å². The van der Waals surface area contributed by atoms with Crippen LogP contribution in [0.3, 0.4) is 0 Å². The molecule has 78 valence electrons. The third-order valence-corrected chi connectivity index (χ3v) is 1.65. The molecule has 0 aromatic heterocycles. The Labute approximate surface area is 86.4 Å². The molecule has 0 unspecified atom stereocenters. The van der Waals surface area contributed by atoms with E-state index in [0.717, 1.165) is 5.56 Å². The lowest BCUT2D eigenvalue weighted by atomic mass is 10.1. The Balaban J connectivity index is 2.62. The van der Waals surface area contributed by atoms with E-state index in [1.807, 2.05) is 6.92 Å². The van der Waals surface area contributed by atoms with Crippen LogP contribution < -0.4 is 5.43 Å². The smallest absolute Gasteiger partial charge is 0.348 e. The van der Waals surface area contributed by atoms with Gasteiger partial charge in [-0.25, -0.2) is 10.2 Å². The van der Waals surface area contributed by atoms with Crippen LogP contribution in [0.15, 0.2) is 29.4 Å². The van der Waals surface area contributed by atoms with Crippen LogP contribution in [0, 0.1) is 6.92 Å². The fourth-order valence-corrected chi connectivity index (χ4v) is 0.916. The van der Waals surface area contributed by atoms with E-state index < -0.39 is 11.9 Å². The third kappa shape index (κ3) is 3.60. The molecule has 1 amide bonds. The second-order valence-electron chi connectivity index (χ2n) is 2.90. The van der Waals surface area contributed by atoms with Crippen molar-refractivity contribution in [2.24, 2.45) is 5.10 Å². The topological polar surface area (TPSA) is 78.8 Å². The number of rotatable bonds is 3. The van der Waals surface area contributed by atoms with E-state index in [1.54, 1.807) is 24.3 Å². The van der Waals surface area contributed by atoms with Crippen molar-refractivity contribution in [2.75, 3.05) is 0 Å². The Bertz CT molecular complexity index is 396. The molecule has 1 rings (SSSR count). The molecule has 0 saturated heterocycles. The summed E-state index contributed by atoms with van der Waals surface area (Å²) in [5, 5.41) is 11.5. The number of hydrogen-bond donors (Lipinski definition) is 2. The van der Waals surface area contributed by atoms with Gasteiger partial charge < -0.3 is 5.11 Å². The van der Waals surface area contributed by atoms with E-state index in [2.05, 4.69) is 10.5 Å². The molecule has 1 aromatic rings. The van der Waals surface area contributed by atoms with Crippen molar-refractivity contribution in [2.45, 2.75) is 6.92 Å². The van der Waals surface area contributed by atoms with Crippen molar-refractivity contribution in [3.63, 3.8) is 0 Å². The Hall–Kier alpha value is -2.17. The Kier molecular flexibility index (Phi) is 3.56. The van der Waals surface area contributed by atoms with E-state index in [4.69, 9.17) is 5.11 Å². The fraction of sp³-hybridized carbons (Fsp3) is 0.100. The molecule has 5 nitrogen and oxygen atoms in total. The van der Waals surface area contributed by atoms with Gasteiger partial charge in [0.05, 0.1) is 0 Å². The van der Waals surface area contributed by atoms with E-state index in [-0.39, 0.29) is 0 Å². The standard InChI is InChI=1S/C10H10N2O3/c1-7-2-4-8(5-3-7)10(15)12-11-6-9(13)14/h2-6H,1H3,(H,12,15)(H,13,14)/b11-6+. The van der Waals surface area contributed by atoms with E-state index in [1.165, 1.54) is 0 Å². The summed E-state index contributed by atoms with van der Waals surface area (Å²) in [7, 11) is 0. The van der Waals surface area contributed by atoms with Crippen molar-refractivity contribution >= 4 is 18.1 Å². The summed E-state index contributed by atoms with van der Waals surface area (Å²) in [6.45, 7) is 1.91. The third-order valence-electron chi connectivity index (χ3n) is 1.65. The lowest BCUT2D eigenvalue weighted by molar-refractivity contribution is -0.128. The number of nitrogens with one attached hydrogen (secondary N) is 1. The number of carboxylic acid groups (broad SMARTS) is 1. The highest BCUT2D eigenvalue weighted by Crippen LogP contribution is 2.02. The quantitative estimate of drug-likeness (QED) is 0.567. The second kappa shape index (κ2) is 4.90. The first-order valence-corrected chi connectivity index (χ1v) is 4.22. The number of carbonyl (C=O) groups is 2. The highest BCUT2D eigenvalue weighted by molar-refractivity contribution is 6.22. The van der Waals surface area contributed by atoms with Crippen LogP contribution in [0.5, 0.6) is 0 Å². The summed E-state index contributed by atoms with van der Waals surface area (Å²) >= 11 is 0. The van der Waals surface area contributed by atoms with Crippen molar-refractivity contribution in [3.05, 3.63) is 35.4 Å². The van der Waals surface area contributed by atoms with Crippen LogP contribution in [0.2, 0.25) is 0 Å². The number of hydrogen-bond acceptors (Lipinski definition) is 3. The van der Waals surface area contributed by atoms with Crippen LogP contribution in [0.1, 0.15) is 15.9 Å². The van der Waals surface area contributed by atoms with Gasteiger partial charge in [0.2, 0.25) is 0 Å². The first kappa shape index (κ1) is 10.9. The maximum Gasteiger partial charge on any atom is 0.348 e. The fourth-order valence-electron chi connectivity index (χ4n) is 0.916. The molecule has 0 radical (unpaired) electrons. The molecule has 0 bridgehead atoms. The van der Waals surface area contributed by atoms with E-state index in [0.29, 0.717) is 11.8 Å². The van der Waals surface area contributed by atoms with Gasteiger partial charge >= 0.3 is 5.97 Å². The monoisotopic (exact) mass is 206 g/mol. The summed E-state index contributed by atoms with van der Waals surface area (Å²) in [4.78, 5) is 21.4. The molecular formula is C10H10N2O3. The summed E-state index contributed by atoms with van der Waals surface area (Å²) < 4.78 is 0. The van der Waals surface area contributed by atoms with Crippen LogP contribution in [-0.4, -0.2) is 23.2 Å². The van der Waals surface area contributed by atoms with Gasteiger partial charge in [-0.15, -0.1) is 0 Å². The van der Waals surface area contributed by atoms with Gasteiger partial charge in [0, 0.05) is 5.56 Å². The highest BCUT2D eigenvalue weighted by Gasteiger charge is 2.02. The summed E-state index contributed by atoms with van der Waals surface area (Å²) in [5.74, 6) is -1.65. The average Bonchev–Trinajstić information content (AvgIpc) is 2.18. The van der Waals surface area contributed by atoms with Crippen LogP contribution in [0.4, 0.5) is 0 Å². The normalized spacial score (nSPS) is 10.2. The minimum absolute atomic E-state index is 0.433. The molecule has 0 spiro atoms. The van der Waals surface area contributed by atoms with Crippen molar-refractivity contribution in [1.82, 2.24) is 5.43 Å². The second-order valence-corrected chi connectivity index (χ2v) is 2.90. The van der Waals surface area contributed by atoms with Crippen molar-refractivity contribution in [3.8, 4) is 0 Å². The van der Waals surface area contributed by atoms with Crippen LogP contribution >= 0.6 is 0 Å². The van der Waals surface area contributed by atoms with E-state index in [9.17, 15) is 9.59 Å². The predicted molar refractivity (Wildman–Crippen MR) is 54.8 cm³/mol. The summed E-state index contributed by atoms with van der Waals surface area (Å²) in [5.41, 5.74) is 3.58. The number of hydrazone groups is 1. The summed E-state index contributed by atoms with van der Waals surface area (Å²) in [6, 6.07) is 6.85.